The zero-order valence-electron chi connectivity index (χ0n) is 11.7. The number of methoxy groups -OCH3 is 1. The normalized spacial score (nSPS) is 10.2. The Balaban J connectivity index is 2.27. The van der Waals surface area contributed by atoms with E-state index in [1.807, 2.05) is 19.1 Å². The quantitative estimate of drug-likeness (QED) is 0.916. The molecule has 1 N–H and O–H groups in total. The van der Waals surface area contributed by atoms with Crippen LogP contribution < -0.4 is 9.47 Å². The number of aromatic carboxylic acids is 1. The Morgan fingerprint density at radius 1 is 1.24 bits per heavy atom. The number of carbonyl (C=O) groups is 1. The minimum atomic E-state index is -1.36. The van der Waals surface area contributed by atoms with Crippen molar-refractivity contribution in [3.63, 3.8) is 0 Å². The first-order chi connectivity index (χ1) is 10.0. The number of halogens is 1. The minimum absolute atomic E-state index is 0.00828. The lowest BCUT2D eigenvalue weighted by Gasteiger charge is -2.12. The summed E-state index contributed by atoms with van der Waals surface area (Å²) in [6.45, 7) is 2.02. The highest BCUT2D eigenvalue weighted by molar-refractivity contribution is 5.91. The Morgan fingerprint density at radius 2 is 2.00 bits per heavy atom. The minimum Gasteiger partial charge on any atom is -0.496 e. The maximum Gasteiger partial charge on any atom is 0.342 e. The summed E-state index contributed by atoms with van der Waals surface area (Å²) in [6, 6.07) is 9.49. The van der Waals surface area contributed by atoms with Crippen molar-refractivity contribution in [1.82, 2.24) is 0 Å². The van der Waals surface area contributed by atoms with E-state index in [4.69, 9.17) is 14.6 Å². The van der Waals surface area contributed by atoms with E-state index in [9.17, 15) is 9.18 Å². The van der Waals surface area contributed by atoms with Gasteiger partial charge in [-0.3, -0.25) is 0 Å². The second-order valence-corrected chi connectivity index (χ2v) is 4.52. The molecule has 2 aromatic carbocycles. The second kappa shape index (κ2) is 6.26. The molecule has 0 spiro atoms. The molecule has 0 aliphatic rings. The van der Waals surface area contributed by atoms with Gasteiger partial charge in [0.25, 0.3) is 0 Å². The van der Waals surface area contributed by atoms with Crippen LogP contribution in [0.4, 0.5) is 4.39 Å². The summed E-state index contributed by atoms with van der Waals surface area (Å²) in [7, 11) is 1.54. The van der Waals surface area contributed by atoms with E-state index < -0.39 is 17.3 Å². The fourth-order valence-electron chi connectivity index (χ4n) is 2.01. The predicted molar refractivity (Wildman–Crippen MR) is 75.4 cm³/mol. The van der Waals surface area contributed by atoms with Crippen LogP contribution in [0.15, 0.2) is 36.4 Å². The van der Waals surface area contributed by atoms with Crippen LogP contribution in [0.3, 0.4) is 0 Å². The SMILES string of the molecule is COc1ccc(C)cc1COc1cccc(F)c1C(=O)O. The second-order valence-electron chi connectivity index (χ2n) is 4.52. The highest BCUT2D eigenvalue weighted by atomic mass is 19.1. The summed E-state index contributed by atoms with van der Waals surface area (Å²) in [6.07, 6.45) is 0. The molecule has 110 valence electrons. The number of hydrogen-bond donors (Lipinski definition) is 1. The van der Waals surface area contributed by atoms with Crippen LogP contribution in [0, 0.1) is 12.7 Å². The Morgan fingerprint density at radius 3 is 2.67 bits per heavy atom. The first kappa shape index (κ1) is 14.8. The molecule has 4 nitrogen and oxygen atoms in total. The van der Waals surface area contributed by atoms with Gasteiger partial charge in [0.05, 0.1) is 7.11 Å². The third-order valence-corrected chi connectivity index (χ3v) is 3.01. The molecular formula is C16H15FO4. The lowest BCUT2D eigenvalue weighted by Crippen LogP contribution is -2.06. The molecule has 2 aromatic rings. The zero-order chi connectivity index (χ0) is 15.4. The van der Waals surface area contributed by atoms with Crippen LogP contribution in [0.1, 0.15) is 21.5 Å². The Hall–Kier alpha value is -2.56. The molecule has 0 fully saturated rings. The van der Waals surface area contributed by atoms with Gasteiger partial charge in [0, 0.05) is 5.56 Å². The van der Waals surface area contributed by atoms with Crippen molar-refractivity contribution in [2.45, 2.75) is 13.5 Å². The molecule has 0 amide bonds. The lowest BCUT2D eigenvalue weighted by atomic mass is 10.1. The van der Waals surface area contributed by atoms with Crippen molar-refractivity contribution < 1.29 is 23.8 Å². The molecule has 21 heavy (non-hydrogen) atoms. The van der Waals surface area contributed by atoms with Crippen molar-refractivity contribution in [3.8, 4) is 11.5 Å². The van der Waals surface area contributed by atoms with Gasteiger partial charge >= 0.3 is 5.97 Å². The van der Waals surface area contributed by atoms with E-state index in [0.29, 0.717) is 5.75 Å². The summed E-state index contributed by atoms with van der Waals surface area (Å²) in [5.41, 5.74) is 1.31. The summed E-state index contributed by atoms with van der Waals surface area (Å²) in [4.78, 5) is 11.1. The largest absolute Gasteiger partial charge is 0.496 e. The van der Waals surface area contributed by atoms with E-state index in [-0.39, 0.29) is 12.4 Å². The van der Waals surface area contributed by atoms with Crippen molar-refractivity contribution in [2.75, 3.05) is 7.11 Å². The molecule has 0 unspecified atom stereocenters. The van der Waals surface area contributed by atoms with Gasteiger partial charge in [0.1, 0.15) is 29.5 Å². The van der Waals surface area contributed by atoms with Gasteiger partial charge in [-0.15, -0.1) is 0 Å². The van der Waals surface area contributed by atoms with E-state index in [2.05, 4.69) is 0 Å². The van der Waals surface area contributed by atoms with Gasteiger partial charge in [-0.2, -0.15) is 0 Å². The molecule has 5 heteroatoms. The Bertz CT molecular complexity index is 667. The number of rotatable bonds is 5. The molecule has 0 saturated heterocycles. The van der Waals surface area contributed by atoms with Gasteiger partial charge in [-0.25, -0.2) is 9.18 Å². The monoisotopic (exact) mass is 290 g/mol. The third kappa shape index (κ3) is 3.31. The fraction of sp³-hybridized carbons (Fsp3) is 0.188. The summed E-state index contributed by atoms with van der Waals surface area (Å²) in [5, 5.41) is 9.04. The molecule has 0 bridgehead atoms. The van der Waals surface area contributed by atoms with Gasteiger partial charge in [0.2, 0.25) is 0 Å². The molecule has 0 aliphatic heterocycles. The Labute approximate surface area is 121 Å². The molecule has 0 atom stereocenters. The average molecular weight is 290 g/mol. The molecule has 0 aromatic heterocycles. The van der Waals surface area contributed by atoms with Crippen LogP contribution in [0.25, 0.3) is 0 Å². The molecule has 2 rings (SSSR count). The Kier molecular flexibility index (Phi) is 4.42. The number of benzene rings is 2. The van der Waals surface area contributed by atoms with Gasteiger partial charge in [-0.05, 0) is 31.2 Å². The van der Waals surface area contributed by atoms with E-state index in [1.165, 1.54) is 12.1 Å². The maximum absolute atomic E-state index is 13.6. The van der Waals surface area contributed by atoms with Crippen LogP contribution in [-0.4, -0.2) is 18.2 Å². The van der Waals surface area contributed by atoms with E-state index in [0.717, 1.165) is 17.2 Å². The molecule has 0 heterocycles. The molecule has 0 saturated carbocycles. The lowest BCUT2D eigenvalue weighted by molar-refractivity contribution is 0.0686. The van der Waals surface area contributed by atoms with Crippen LogP contribution in [0.5, 0.6) is 11.5 Å². The number of hydrogen-bond acceptors (Lipinski definition) is 3. The third-order valence-electron chi connectivity index (χ3n) is 3.01. The van der Waals surface area contributed by atoms with Crippen molar-refractivity contribution >= 4 is 5.97 Å². The van der Waals surface area contributed by atoms with E-state index >= 15 is 0 Å². The smallest absolute Gasteiger partial charge is 0.342 e. The van der Waals surface area contributed by atoms with Gasteiger partial charge in [0.15, 0.2) is 0 Å². The van der Waals surface area contributed by atoms with Gasteiger partial charge < -0.3 is 14.6 Å². The molecule has 0 radical (unpaired) electrons. The number of aryl methyl sites for hydroxylation is 1. The number of ether oxygens (including phenoxy) is 2. The van der Waals surface area contributed by atoms with Crippen molar-refractivity contribution in [1.29, 1.82) is 0 Å². The topological polar surface area (TPSA) is 55.8 Å². The summed E-state index contributed by atoms with van der Waals surface area (Å²) in [5.74, 6) is -1.56. The highest BCUT2D eigenvalue weighted by Gasteiger charge is 2.17. The molecular weight excluding hydrogens is 275 g/mol. The van der Waals surface area contributed by atoms with Crippen LogP contribution in [-0.2, 0) is 6.61 Å². The zero-order valence-corrected chi connectivity index (χ0v) is 11.7. The standard InChI is InChI=1S/C16H15FO4/c1-10-6-7-13(20-2)11(8-10)9-21-14-5-3-4-12(17)15(14)16(18)19/h3-8H,9H2,1-2H3,(H,18,19). The van der Waals surface area contributed by atoms with Crippen molar-refractivity contribution in [2.24, 2.45) is 0 Å². The van der Waals surface area contributed by atoms with Crippen LogP contribution in [0.2, 0.25) is 0 Å². The van der Waals surface area contributed by atoms with E-state index in [1.54, 1.807) is 13.2 Å². The number of carboxylic acid groups (broad SMARTS) is 1. The first-order valence-electron chi connectivity index (χ1n) is 6.31. The fourth-order valence-corrected chi connectivity index (χ4v) is 2.01. The van der Waals surface area contributed by atoms with Gasteiger partial charge in [-0.1, -0.05) is 17.7 Å². The van der Waals surface area contributed by atoms with Crippen molar-refractivity contribution in [3.05, 3.63) is 58.9 Å². The summed E-state index contributed by atoms with van der Waals surface area (Å²) < 4.78 is 24.2. The predicted octanol–water partition coefficient (Wildman–Crippen LogP) is 3.42. The molecule has 0 aliphatic carbocycles. The highest BCUT2D eigenvalue weighted by Crippen LogP contribution is 2.25. The summed E-state index contributed by atoms with van der Waals surface area (Å²) >= 11 is 0. The average Bonchev–Trinajstić information content (AvgIpc) is 2.44. The number of carboxylic acids is 1. The first-order valence-corrected chi connectivity index (χ1v) is 6.31. The maximum atomic E-state index is 13.6. The van der Waals surface area contributed by atoms with Crippen LogP contribution >= 0.6 is 0 Å².